The predicted molar refractivity (Wildman–Crippen MR) is 178 cm³/mol. The first-order valence-corrected chi connectivity index (χ1v) is 16.7. The third-order valence-corrected chi connectivity index (χ3v) is 12.4. The molecule has 0 saturated heterocycles. The van der Waals surface area contributed by atoms with E-state index in [2.05, 4.69) is 177 Å². The summed E-state index contributed by atoms with van der Waals surface area (Å²) in [6.07, 6.45) is 17.6. The first-order valence-electron chi connectivity index (χ1n) is 13.9. The van der Waals surface area contributed by atoms with Crippen LogP contribution in [0, 0.1) is 0 Å². The molecular weight excluding hydrogens is 522 g/mol. The molecule has 0 fully saturated rings. The molecule has 1 nitrogen and oxygen atoms in total. The molecule has 0 bridgehead atoms. The number of rotatable bonds is 11. The van der Waals surface area contributed by atoms with Gasteiger partial charge in [-0.1, -0.05) is 177 Å². The first kappa shape index (κ1) is 28.2. The highest BCUT2D eigenvalue weighted by Crippen LogP contribution is 2.44. The summed E-state index contributed by atoms with van der Waals surface area (Å²) in [6, 6.07) is 43.6. The van der Waals surface area contributed by atoms with E-state index in [-0.39, 0.29) is 11.8 Å². The van der Waals surface area contributed by atoms with Gasteiger partial charge in [-0.15, -0.1) is 0 Å². The molecule has 0 spiro atoms. The highest BCUT2D eigenvalue weighted by molar-refractivity contribution is 7.74. The van der Waals surface area contributed by atoms with Crippen molar-refractivity contribution >= 4 is 37.1 Å². The van der Waals surface area contributed by atoms with Gasteiger partial charge in [0.1, 0.15) is 0 Å². The van der Waals surface area contributed by atoms with E-state index in [1.807, 2.05) is 0 Å². The minimum atomic E-state index is -0.595. The maximum atomic E-state index is 6.47. The van der Waals surface area contributed by atoms with Gasteiger partial charge in [0.05, 0.1) is 12.7 Å². The molecular formula is C37H36OP2. The van der Waals surface area contributed by atoms with Crippen LogP contribution in [0.1, 0.15) is 6.92 Å². The molecule has 40 heavy (non-hydrogen) atoms. The fourth-order valence-electron chi connectivity index (χ4n) is 5.04. The van der Waals surface area contributed by atoms with Gasteiger partial charge in [-0.3, -0.25) is 0 Å². The SMILES string of the molecule is CC(/C=C\C=C/COC1C=CC=CC1P(c1ccccc1)c1ccccc1)P(c1ccccc1)c1ccccc1. The lowest BCUT2D eigenvalue weighted by Crippen LogP contribution is -2.32. The lowest BCUT2D eigenvalue weighted by molar-refractivity contribution is 0.113. The molecule has 0 aromatic heterocycles. The van der Waals surface area contributed by atoms with Crippen molar-refractivity contribution in [1.82, 2.24) is 0 Å². The average molecular weight is 559 g/mol. The summed E-state index contributed by atoms with van der Waals surface area (Å²) >= 11 is 0. The third kappa shape index (κ3) is 7.44. The smallest absolute Gasteiger partial charge is 0.0871 e. The summed E-state index contributed by atoms with van der Waals surface area (Å²) in [5, 5.41) is 5.57. The molecule has 0 aliphatic heterocycles. The molecule has 0 saturated carbocycles. The number of allylic oxidation sites excluding steroid dienone is 5. The molecule has 1 aliphatic rings. The average Bonchev–Trinajstić information content (AvgIpc) is 3.02. The summed E-state index contributed by atoms with van der Waals surface area (Å²) in [6.45, 7) is 2.91. The summed E-state index contributed by atoms with van der Waals surface area (Å²) in [7, 11) is -1.07. The van der Waals surface area contributed by atoms with Crippen molar-refractivity contribution < 1.29 is 4.74 Å². The van der Waals surface area contributed by atoms with Crippen molar-refractivity contribution in [2.24, 2.45) is 0 Å². The Kier molecular flexibility index (Phi) is 10.5. The Labute approximate surface area is 242 Å². The van der Waals surface area contributed by atoms with Crippen molar-refractivity contribution in [1.29, 1.82) is 0 Å². The minimum absolute atomic E-state index is 0.0353. The van der Waals surface area contributed by atoms with Gasteiger partial charge in [0.25, 0.3) is 0 Å². The zero-order chi connectivity index (χ0) is 27.4. The third-order valence-electron chi connectivity index (χ3n) is 6.92. The summed E-state index contributed by atoms with van der Waals surface area (Å²) in [5.74, 6) is 0. The Morgan fingerprint density at radius 2 is 1.10 bits per heavy atom. The van der Waals surface area contributed by atoms with Crippen molar-refractivity contribution in [2.75, 3.05) is 6.61 Å². The molecule has 3 heteroatoms. The first-order chi connectivity index (χ1) is 19.8. The van der Waals surface area contributed by atoms with Gasteiger partial charge in [-0.05, 0) is 37.1 Å². The molecule has 4 aromatic rings. The standard InChI is InChI=1S/C37H36OP2/c1-31(39(32-20-8-2-9-21-32)33-22-10-3-11-23-33)19-7-6-18-30-38-36-28-16-17-29-37(36)40(34-24-12-4-13-25-34)35-26-14-5-15-27-35/h2-29,31,36-37H,30H2,1H3/b18-6-,19-7-. The summed E-state index contributed by atoms with van der Waals surface area (Å²) < 4.78 is 6.47. The number of ether oxygens (including phenoxy) is 1. The molecule has 0 radical (unpaired) electrons. The van der Waals surface area contributed by atoms with Gasteiger partial charge in [-0.25, -0.2) is 0 Å². The zero-order valence-electron chi connectivity index (χ0n) is 22.9. The Morgan fingerprint density at radius 3 is 1.62 bits per heavy atom. The summed E-state index contributed by atoms with van der Waals surface area (Å²) in [5.41, 5.74) is 0.704. The lowest BCUT2D eigenvalue weighted by atomic mass is 10.1. The normalized spacial score (nSPS) is 17.8. The largest absolute Gasteiger partial charge is 0.369 e. The van der Waals surface area contributed by atoms with Crippen LogP contribution >= 0.6 is 15.8 Å². The second kappa shape index (κ2) is 14.9. The number of hydrogen-bond acceptors (Lipinski definition) is 1. The number of hydrogen-bond donors (Lipinski definition) is 0. The van der Waals surface area contributed by atoms with Crippen molar-refractivity contribution in [2.45, 2.75) is 24.3 Å². The van der Waals surface area contributed by atoms with Crippen molar-refractivity contribution in [3.63, 3.8) is 0 Å². The Bertz CT molecular complexity index is 1330. The quantitative estimate of drug-likeness (QED) is 0.136. The fraction of sp³-hybridized carbons (Fsp3) is 0.135. The van der Waals surface area contributed by atoms with Crippen molar-refractivity contribution in [3.8, 4) is 0 Å². The van der Waals surface area contributed by atoms with Crippen LogP contribution < -0.4 is 21.2 Å². The van der Waals surface area contributed by atoms with Gasteiger partial charge >= 0.3 is 0 Å². The van der Waals surface area contributed by atoms with E-state index in [1.165, 1.54) is 21.2 Å². The Morgan fingerprint density at radius 1 is 0.625 bits per heavy atom. The monoisotopic (exact) mass is 558 g/mol. The van der Waals surface area contributed by atoms with Crippen LogP contribution in [0.3, 0.4) is 0 Å². The van der Waals surface area contributed by atoms with E-state index in [9.17, 15) is 0 Å². The number of benzene rings is 4. The highest BCUT2D eigenvalue weighted by atomic mass is 31.1. The molecule has 200 valence electrons. The fourth-order valence-corrected chi connectivity index (χ4v) is 10.3. The van der Waals surface area contributed by atoms with Crippen LogP contribution in [0.2, 0.25) is 0 Å². The molecule has 4 aromatic carbocycles. The predicted octanol–water partition coefficient (Wildman–Crippen LogP) is 7.63. The van der Waals surface area contributed by atoms with Crippen molar-refractivity contribution in [3.05, 3.63) is 170 Å². The van der Waals surface area contributed by atoms with Crippen LogP contribution in [-0.2, 0) is 4.74 Å². The Balaban J connectivity index is 1.24. The highest BCUT2D eigenvalue weighted by Gasteiger charge is 2.30. The van der Waals surface area contributed by atoms with Gasteiger partial charge in [0.2, 0.25) is 0 Å². The molecule has 3 unspecified atom stereocenters. The van der Waals surface area contributed by atoms with E-state index >= 15 is 0 Å². The second-order valence-electron chi connectivity index (χ2n) is 9.69. The van der Waals surface area contributed by atoms with Crippen LogP contribution in [-0.4, -0.2) is 24.0 Å². The van der Waals surface area contributed by atoms with E-state index in [4.69, 9.17) is 4.74 Å². The molecule has 5 rings (SSSR count). The zero-order valence-corrected chi connectivity index (χ0v) is 24.7. The van der Waals surface area contributed by atoms with E-state index in [0.29, 0.717) is 12.3 Å². The minimum Gasteiger partial charge on any atom is -0.369 e. The van der Waals surface area contributed by atoms with Crippen LogP contribution in [0.4, 0.5) is 0 Å². The van der Waals surface area contributed by atoms with Crippen LogP contribution in [0.5, 0.6) is 0 Å². The molecule has 1 aliphatic carbocycles. The maximum absolute atomic E-state index is 6.47. The van der Waals surface area contributed by atoms with E-state index in [1.54, 1.807) is 0 Å². The maximum Gasteiger partial charge on any atom is 0.0871 e. The van der Waals surface area contributed by atoms with Crippen LogP contribution in [0.25, 0.3) is 0 Å². The molecule has 0 N–H and O–H groups in total. The van der Waals surface area contributed by atoms with Gasteiger partial charge < -0.3 is 4.74 Å². The van der Waals surface area contributed by atoms with Gasteiger partial charge in [0, 0.05) is 11.3 Å². The molecule has 3 atom stereocenters. The molecule has 0 amide bonds. The van der Waals surface area contributed by atoms with Gasteiger partial charge in [0.15, 0.2) is 0 Å². The second-order valence-corrected chi connectivity index (χ2v) is 14.7. The lowest BCUT2D eigenvalue weighted by Gasteiger charge is -2.32. The Hall–Kier alpha value is -3.34. The summed E-state index contributed by atoms with van der Waals surface area (Å²) in [4.78, 5) is 0. The van der Waals surface area contributed by atoms with E-state index < -0.39 is 15.8 Å². The van der Waals surface area contributed by atoms with E-state index in [0.717, 1.165) is 0 Å². The molecule has 0 heterocycles. The van der Waals surface area contributed by atoms with Crippen LogP contribution in [0.15, 0.2) is 170 Å². The topological polar surface area (TPSA) is 9.23 Å². The van der Waals surface area contributed by atoms with Gasteiger partial charge in [-0.2, -0.15) is 0 Å².